The van der Waals surface area contributed by atoms with E-state index in [9.17, 15) is 28.3 Å². The number of carbonyl (C=O) groups excluding carboxylic acids is 2. The Balaban J connectivity index is 1.50. The lowest BCUT2D eigenvalue weighted by Gasteiger charge is -2.17. The number of hydrogen-bond donors (Lipinski definition) is 3. The van der Waals surface area contributed by atoms with Crippen molar-refractivity contribution in [3.05, 3.63) is 92.7 Å². The second-order valence-electron chi connectivity index (χ2n) is 8.66. The van der Waals surface area contributed by atoms with E-state index in [2.05, 4.69) is 27.1 Å². The molecule has 1 atom stereocenters. The first-order valence-corrected chi connectivity index (χ1v) is 11.5. The van der Waals surface area contributed by atoms with Crippen LogP contribution in [0.3, 0.4) is 0 Å². The van der Waals surface area contributed by atoms with Gasteiger partial charge in [-0.15, -0.1) is 0 Å². The predicted molar refractivity (Wildman–Crippen MR) is 131 cm³/mol. The maximum atomic E-state index is 12.6. The van der Waals surface area contributed by atoms with Gasteiger partial charge in [-0.3, -0.25) is 14.4 Å². The lowest BCUT2D eigenvalue weighted by molar-refractivity contribution is -0.129. The first kappa shape index (κ1) is 25.6. The number of halogens is 2. The second kappa shape index (κ2) is 11.0. The maximum Gasteiger partial charge on any atom is 0.293 e. The van der Waals surface area contributed by atoms with Crippen LogP contribution in [-0.2, 0) is 29.1 Å². The van der Waals surface area contributed by atoms with E-state index < -0.39 is 36.1 Å². The monoisotopic (exact) mass is 506 g/mol. The number of H-pyrrole nitrogens is 1. The van der Waals surface area contributed by atoms with Crippen molar-refractivity contribution in [2.45, 2.75) is 38.8 Å². The Morgan fingerprint density at radius 1 is 1.11 bits per heavy atom. The van der Waals surface area contributed by atoms with Gasteiger partial charge < -0.3 is 20.3 Å². The molecule has 2 heterocycles. The molecule has 0 bridgehead atoms. The summed E-state index contributed by atoms with van der Waals surface area (Å²) in [6, 6.07) is 12.8. The predicted octanol–water partition coefficient (Wildman–Crippen LogP) is 2.45. The number of aromatic amines is 1. The van der Waals surface area contributed by atoms with Crippen LogP contribution in [0.5, 0.6) is 5.75 Å². The fraction of sp³-hybridized carbons (Fsp3) is 0.259. The number of carbonyl (C=O) groups is 2. The summed E-state index contributed by atoms with van der Waals surface area (Å²) in [5, 5.41) is 12.3. The SMILES string of the molecule is CC(=O)N1Cc2ccc(C#Cc3ccc(CC(C(=O)NCC(F)F)c4nc[nH]c(=O)c4O)cc3)cc2C1. The molecule has 37 heavy (non-hydrogen) atoms. The summed E-state index contributed by atoms with van der Waals surface area (Å²) in [5.74, 6) is 3.55. The molecule has 10 heteroatoms. The van der Waals surface area contributed by atoms with E-state index in [1.165, 1.54) is 0 Å². The van der Waals surface area contributed by atoms with Gasteiger partial charge in [-0.25, -0.2) is 13.8 Å². The molecule has 2 amide bonds. The molecular weight excluding hydrogens is 482 g/mol. The van der Waals surface area contributed by atoms with Gasteiger partial charge in [0.25, 0.3) is 12.0 Å². The number of amides is 2. The van der Waals surface area contributed by atoms with Crippen molar-refractivity contribution in [2.75, 3.05) is 6.54 Å². The zero-order valence-corrected chi connectivity index (χ0v) is 19.9. The van der Waals surface area contributed by atoms with Crippen LogP contribution in [0, 0.1) is 11.8 Å². The van der Waals surface area contributed by atoms with Gasteiger partial charge in [0.2, 0.25) is 17.6 Å². The average molecular weight is 507 g/mol. The largest absolute Gasteiger partial charge is 0.502 e. The standard InChI is InChI=1S/C27H24F2N4O4/c1-16(34)33-13-20-9-8-18(10-21(20)14-33)5-2-17-3-6-19(7-4-17)11-22(26(36)30-12-23(28)29)24-25(35)27(37)32-15-31-24/h3-4,6-10,15,22-23,35H,11-14H2,1H3,(H,30,36)(H,31,32,37). The summed E-state index contributed by atoms with van der Waals surface area (Å²) in [5.41, 5.74) is 3.35. The van der Waals surface area contributed by atoms with Crippen LogP contribution in [0.15, 0.2) is 53.6 Å². The number of hydrogen-bond acceptors (Lipinski definition) is 5. The van der Waals surface area contributed by atoms with Gasteiger partial charge in [0.15, 0.2) is 0 Å². The Labute approximate surface area is 211 Å². The van der Waals surface area contributed by atoms with Gasteiger partial charge in [0, 0.05) is 31.1 Å². The Kier molecular flexibility index (Phi) is 7.63. The Bertz CT molecular complexity index is 1440. The molecule has 0 radical (unpaired) electrons. The van der Waals surface area contributed by atoms with E-state index in [0.29, 0.717) is 24.2 Å². The van der Waals surface area contributed by atoms with Gasteiger partial charge in [-0.1, -0.05) is 30.0 Å². The minimum Gasteiger partial charge on any atom is -0.502 e. The highest BCUT2D eigenvalue weighted by atomic mass is 19.3. The molecule has 8 nitrogen and oxygen atoms in total. The van der Waals surface area contributed by atoms with Gasteiger partial charge in [-0.2, -0.15) is 0 Å². The highest BCUT2D eigenvalue weighted by molar-refractivity contribution is 5.84. The maximum absolute atomic E-state index is 12.6. The molecule has 1 aliphatic rings. The molecule has 3 aromatic rings. The van der Waals surface area contributed by atoms with Gasteiger partial charge >= 0.3 is 0 Å². The Hall–Kier alpha value is -4.52. The molecule has 4 rings (SSSR count). The lowest BCUT2D eigenvalue weighted by atomic mass is 9.94. The van der Waals surface area contributed by atoms with Crippen LogP contribution in [0.4, 0.5) is 8.78 Å². The number of aromatic nitrogens is 2. The van der Waals surface area contributed by atoms with Crippen molar-refractivity contribution in [1.29, 1.82) is 0 Å². The molecule has 0 saturated carbocycles. The number of nitrogens with zero attached hydrogens (tertiary/aromatic N) is 2. The van der Waals surface area contributed by atoms with Crippen molar-refractivity contribution in [2.24, 2.45) is 0 Å². The highest BCUT2D eigenvalue weighted by Gasteiger charge is 2.27. The minimum atomic E-state index is -2.75. The molecular formula is C27H24F2N4O4. The summed E-state index contributed by atoms with van der Waals surface area (Å²) >= 11 is 0. The first-order valence-electron chi connectivity index (χ1n) is 11.5. The summed E-state index contributed by atoms with van der Waals surface area (Å²) in [7, 11) is 0. The number of fused-ring (bicyclic) bond motifs is 1. The number of benzene rings is 2. The molecule has 3 N–H and O–H groups in total. The van der Waals surface area contributed by atoms with Crippen molar-refractivity contribution in [3.8, 4) is 17.6 Å². The molecule has 0 aliphatic carbocycles. The minimum absolute atomic E-state index is 0.0181. The number of aromatic hydroxyl groups is 1. The number of rotatable bonds is 6. The van der Waals surface area contributed by atoms with Crippen LogP contribution in [-0.4, -0.2) is 44.8 Å². The normalized spacial score (nSPS) is 13.0. The average Bonchev–Trinajstić information content (AvgIpc) is 3.31. The number of alkyl halides is 2. The van der Waals surface area contributed by atoms with Crippen LogP contribution in [0.25, 0.3) is 0 Å². The fourth-order valence-corrected chi connectivity index (χ4v) is 4.07. The van der Waals surface area contributed by atoms with Crippen LogP contribution < -0.4 is 10.9 Å². The molecule has 1 aliphatic heterocycles. The summed E-state index contributed by atoms with van der Waals surface area (Å²) in [6.45, 7) is 1.86. The molecule has 1 aromatic heterocycles. The summed E-state index contributed by atoms with van der Waals surface area (Å²) in [6.07, 6.45) is -1.69. The highest BCUT2D eigenvalue weighted by Crippen LogP contribution is 2.25. The van der Waals surface area contributed by atoms with E-state index >= 15 is 0 Å². The van der Waals surface area contributed by atoms with Crippen LogP contribution in [0.2, 0.25) is 0 Å². The zero-order valence-electron chi connectivity index (χ0n) is 19.9. The molecule has 0 spiro atoms. The van der Waals surface area contributed by atoms with Crippen LogP contribution >= 0.6 is 0 Å². The van der Waals surface area contributed by atoms with Gasteiger partial charge in [0.05, 0.1) is 18.8 Å². The second-order valence-corrected chi connectivity index (χ2v) is 8.66. The topological polar surface area (TPSA) is 115 Å². The molecule has 0 saturated heterocycles. The van der Waals surface area contributed by atoms with Crippen LogP contribution in [0.1, 0.15) is 46.4 Å². The summed E-state index contributed by atoms with van der Waals surface area (Å²) < 4.78 is 25.2. The summed E-state index contributed by atoms with van der Waals surface area (Å²) in [4.78, 5) is 43.9. The van der Waals surface area contributed by atoms with E-state index in [0.717, 1.165) is 23.0 Å². The molecule has 190 valence electrons. The van der Waals surface area contributed by atoms with Crippen molar-refractivity contribution in [3.63, 3.8) is 0 Å². The molecule has 2 aromatic carbocycles. The quantitative estimate of drug-likeness (QED) is 0.445. The van der Waals surface area contributed by atoms with E-state index in [-0.39, 0.29) is 18.0 Å². The fourth-order valence-electron chi connectivity index (χ4n) is 4.07. The van der Waals surface area contributed by atoms with Crippen molar-refractivity contribution < 1.29 is 23.5 Å². The van der Waals surface area contributed by atoms with E-state index in [4.69, 9.17) is 0 Å². The van der Waals surface area contributed by atoms with Gasteiger partial charge in [-0.05, 0) is 47.4 Å². The first-order chi connectivity index (χ1) is 17.7. The zero-order chi connectivity index (χ0) is 26.5. The lowest BCUT2D eigenvalue weighted by Crippen LogP contribution is -2.34. The van der Waals surface area contributed by atoms with Gasteiger partial charge in [0.1, 0.15) is 5.69 Å². The van der Waals surface area contributed by atoms with E-state index in [1.807, 2.05) is 18.2 Å². The third kappa shape index (κ3) is 6.19. The third-order valence-corrected chi connectivity index (χ3v) is 6.05. The molecule has 0 fully saturated rings. The van der Waals surface area contributed by atoms with E-state index in [1.54, 1.807) is 36.1 Å². The van der Waals surface area contributed by atoms with Crippen molar-refractivity contribution in [1.82, 2.24) is 20.2 Å². The number of nitrogens with one attached hydrogen (secondary N) is 2. The Morgan fingerprint density at radius 3 is 2.49 bits per heavy atom. The smallest absolute Gasteiger partial charge is 0.293 e. The Morgan fingerprint density at radius 2 is 1.78 bits per heavy atom. The molecule has 1 unspecified atom stereocenters. The third-order valence-electron chi connectivity index (χ3n) is 6.05. The van der Waals surface area contributed by atoms with Crippen molar-refractivity contribution >= 4 is 11.8 Å².